The van der Waals surface area contributed by atoms with Crippen molar-refractivity contribution in [3.8, 4) is 0 Å². The molecule has 152 valence electrons. The van der Waals surface area contributed by atoms with E-state index in [1.54, 1.807) is 11.9 Å². The number of benzene rings is 1. The Bertz CT molecular complexity index is 758. The van der Waals surface area contributed by atoms with Gasteiger partial charge in [-0.15, -0.1) is 0 Å². The van der Waals surface area contributed by atoms with Gasteiger partial charge < -0.3 is 21.3 Å². The monoisotopic (exact) mass is 387 g/mol. The van der Waals surface area contributed by atoms with E-state index in [2.05, 4.69) is 12.1 Å². The summed E-state index contributed by atoms with van der Waals surface area (Å²) in [5.41, 5.74) is 11.3. The minimum atomic E-state index is -0.505. The fourth-order valence-corrected chi connectivity index (χ4v) is 4.90. The molecule has 1 aromatic rings. The molecule has 1 spiro atoms. The number of hydrogen-bond acceptors (Lipinski definition) is 4. The van der Waals surface area contributed by atoms with Crippen LogP contribution in [0, 0.1) is 0 Å². The van der Waals surface area contributed by atoms with Crippen molar-refractivity contribution < 1.29 is 14.4 Å². The van der Waals surface area contributed by atoms with Gasteiger partial charge in [-0.25, -0.2) is 4.79 Å². The Balaban J connectivity index is 1.86. The van der Waals surface area contributed by atoms with Gasteiger partial charge in [0.2, 0.25) is 11.8 Å². The lowest BCUT2D eigenvalue weighted by molar-refractivity contribution is -0.121. The van der Waals surface area contributed by atoms with Gasteiger partial charge in [0.25, 0.3) is 0 Å². The first kappa shape index (κ1) is 20.1. The molecule has 1 aromatic carbocycles. The van der Waals surface area contributed by atoms with Gasteiger partial charge in [-0.1, -0.05) is 30.3 Å². The fraction of sp³-hybridized carbons (Fsp3) is 0.550. The Kier molecular flexibility index (Phi) is 5.34. The lowest BCUT2D eigenvalue weighted by atomic mass is 9.68. The van der Waals surface area contributed by atoms with Crippen LogP contribution in [0.5, 0.6) is 0 Å². The number of urea groups is 1. The summed E-state index contributed by atoms with van der Waals surface area (Å²) in [4.78, 5) is 40.8. The van der Waals surface area contributed by atoms with Gasteiger partial charge in [0, 0.05) is 19.1 Å². The van der Waals surface area contributed by atoms with Crippen LogP contribution in [0.1, 0.15) is 31.2 Å². The topological polar surface area (TPSA) is 113 Å². The smallest absolute Gasteiger partial charge is 0.320 e. The summed E-state index contributed by atoms with van der Waals surface area (Å²) in [6.45, 7) is 0.608. The molecule has 0 aromatic heterocycles. The van der Waals surface area contributed by atoms with Crippen LogP contribution in [0.4, 0.5) is 4.79 Å². The van der Waals surface area contributed by atoms with Gasteiger partial charge in [0.15, 0.2) is 0 Å². The predicted molar refractivity (Wildman–Crippen MR) is 105 cm³/mol. The number of nitrogens with two attached hydrogens (primary N) is 2. The molecule has 1 aliphatic heterocycles. The van der Waals surface area contributed by atoms with Crippen LogP contribution in [-0.2, 0) is 15.1 Å². The van der Waals surface area contributed by atoms with E-state index in [9.17, 15) is 14.4 Å². The lowest BCUT2D eigenvalue weighted by Crippen LogP contribution is -2.56. The minimum absolute atomic E-state index is 0.0592. The molecular weight excluding hydrogens is 358 g/mol. The molecule has 2 fully saturated rings. The summed E-state index contributed by atoms with van der Waals surface area (Å²) in [6, 6.07) is 9.98. The number of primary amides is 2. The van der Waals surface area contributed by atoms with Crippen molar-refractivity contribution in [2.45, 2.75) is 36.8 Å². The van der Waals surface area contributed by atoms with Crippen LogP contribution >= 0.6 is 0 Å². The van der Waals surface area contributed by atoms with Crippen molar-refractivity contribution in [1.82, 2.24) is 14.7 Å². The van der Waals surface area contributed by atoms with Crippen molar-refractivity contribution in [2.75, 3.05) is 33.7 Å². The normalized spacial score (nSPS) is 27.6. The maximum absolute atomic E-state index is 12.6. The van der Waals surface area contributed by atoms with Gasteiger partial charge in [-0.05, 0) is 38.3 Å². The third kappa shape index (κ3) is 3.44. The predicted octanol–water partition coefficient (Wildman–Crippen LogP) is 0.465. The van der Waals surface area contributed by atoms with E-state index in [-0.39, 0.29) is 36.1 Å². The number of amides is 4. The summed E-state index contributed by atoms with van der Waals surface area (Å²) >= 11 is 0. The molecule has 3 rings (SSSR count). The van der Waals surface area contributed by atoms with Gasteiger partial charge in [-0.3, -0.25) is 14.5 Å². The number of nitrogens with zero attached hydrogens (tertiary/aromatic N) is 3. The van der Waals surface area contributed by atoms with E-state index < -0.39 is 5.91 Å². The highest BCUT2D eigenvalue weighted by atomic mass is 16.2. The van der Waals surface area contributed by atoms with Crippen molar-refractivity contribution in [2.24, 2.45) is 11.5 Å². The number of carbonyl (C=O) groups excluding carboxylic acids is 3. The Hall–Kier alpha value is -2.61. The molecule has 28 heavy (non-hydrogen) atoms. The van der Waals surface area contributed by atoms with Gasteiger partial charge in [0.05, 0.1) is 12.1 Å². The highest BCUT2D eigenvalue weighted by Crippen LogP contribution is 2.48. The summed E-state index contributed by atoms with van der Waals surface area (Å²) < 4.78 is 0. The van der Waals surface area contributed by atoms with Gasteiger partial charge in [0.1, 0.15) is 6.54 Å². The maximum Gasteiger partial charge on any atom is 0.320 e. The molecular formula is C20H29N5O3. The van der Waals surface area contributed by atoms with Gasteiger partial charge >= 0.3 is 6.03 Å². The molecule has 8 nitrogen and oxygen atoms in total. The zero-order valence-electron chi connectivity index (χ0n) is 16.6. The third-order valence-corrected chi connectivity index (χ3v) is 6.54. The second-order valence-corrected chi connectivity index (χ2v) is 8.11. The number of carbonyl (C=O) groups is 3. The van der Waals surface area contributed by atoms with Crippen LogP contribution in [0.2, 0.25) is 0 Å². The van der Waals surface area contributed by atoms with Crippen molar-refractivity contribution in [3.63, 3.8) is 0 Å². The number of rotatable bonds is 6. The summed E-state index contributed by atoms with van der Waals surface area (Å²) in [6.07, 6.45) is 3.09. The molecule has 4 N–H and O–H groups in total. The molecule has 0 atom stereocenters. The first-order chi connectivity index (χ1) is 13.2. The number of likely N-dealkylation sites (N-methyl/N-ethyl adjacent to an activating group) is 2. The molecule has 1 saturated heterocycles. The minimum Gasteiger partial charge on any atom is -0.369 e. The fourth-order valence-electron chi connectivity index (χ4n) is 4.90. The molecule has 2 aliphatic rings. The highest BCUT2D eigenvalue weighted by molar-refractivity contribution is 5.85. The highest BCUT2D eigenvalue weighted by Gasteiger charge is 2.53. The Morgan fingerprint density at radius 1 is 1.07 bits per heavy atom. The average molecular weight is 387 g/mol. The second-order valence-electron chi connectivity index (χ2n) is 8.11. The van der Waals surface area contributed by atoms with Gasteiger partial charge in [-0.2, -0.15) is 0 Å². The molecule has 0 unspecified atom stereocenters. The summed E-state index contributed by atoms with van der Waals surface area (Å²) in [7, 11) is 3.73. The largest absolute Gasteiger partial charge is 0.369 e. The van der Waals surface area contributed by atoms with E-state index in [1.807, 2.05) is 30.1 Å². The molecule has 1 saturated carbocycles. The lowest BCUT2D eigenvalue weighted by Gasteiger charge is -2.51. The first-order valence-corrected chi connectivity index (χ1v) is 9.56. The van der Waals surface area contributed by atoms with E-state index in [4.69, 9.17) is 11.5 Å². The van der Waals surface area contributed by atoms with Crippen LogP contribution in [0.3, 0.4) is 0 Å². The quantitative estimate of drug-likeness (QED) is 0.738. The standard InChI is InChI=1S/C20H29N5O3/c1-23(12-16(21)26)20(15-6-4-3-5-7-15)10-8-19(9-11-20)14-25(13-17(22)27)18(28)24(19)2/h3-7H,8-14H2,1-2H3,(H2,21,26)(H2,22,27). The zero-order valence-corrected chi connectivity index (χ0v) is 16.6. The SMILES string of the molecule is CN1C(=O)N(CC(N)=O)CC12CCC(c1ccccc1)(N(C)CC(N)=O)CC2. The first-order valence-electron chi connectivity index (χ1n) is 9.56. The number of hydrogen-bond donors (Lipinski definition) is 2. The van der Waals surface area contributed by atoms with E-state index >= 15 is 0 Å². The van der Waals surface area contributed by atoms with Crippen LogP contribution in [-0.4, -0.2) is 71.8 Å². The molecule has 1 aliphatic carbocycles. The average Bonchev–Trinajstić information content (AvgIpc) is 2.87. The van der Waals surface area contributed by atoms with E-state index in [1.165, 1.54) is 4.90 Å². The van der Waals surface area contributed by atoms with Crippen molar-refractivity contribution in [3.05, 3.63) is 35.9 Å². The van der Waals surface area contributed by atoms with E-state index in [0.717, 1.165) is 31.2 Å². The Morgan fingerprint density at radius 2 is 1.68 bits per heavy atom. The van der Waals surface area contributed by atoms with Crippen LogP contribution in [0.25, 0.3) is 0 Å². The molecule has 8 heteroatoms. The van der Waals surface area contributed by atoms with Crippen LogP contribution < -0.4 is 11.5 Å². The molecule has 0 radical (unpaired) electrons. The van der Waals surface area contributed by atoms with Crippen molar-refractivity contribution >= 4 is 17.8 Å². The summed E-state index contributed by atoms with van der Waals surface area (Å²) in [5.74, 6) is -0.867. The van der Waals surface area contributed by atoms with Crippen molar-refractivity contribution in [1.29, 1.82) is 0 Å². The molecule has 0 bridgehead atoms. The third-order valence-electron chi connectivity index (χ3n) is 6.54. The Labute approximate surface area is 165 Å². The second kappa shape index (κ2) is 7.43. The Morgan fingerprint density at radius 3 is 2.21 bits per heavy atom. The maximum atomic E-state index is 12.6. The molecule has 4 amide bonds. The molecule has 1 heterocycles. The van der Waals surface area contributed by atoms with E-state index in [0.29, 0.717) is 6.54 Å². The van der Waals surface area contributed by atoms with Crippen LogP contribution in [0.15, 0.2) is 30.3 Å². The summed E-state index contributed by atoms with van der Waals surface area (Å²) in [5, 5.41) is 0. The zero-order chi connectivity index (χ0) is 20.5.